The summed E-state index contributed by atoms with van der Waals surface area (Å²) in [5.74, 6) is -0.196. The first-order valence-electron chi connectivity index (χ1n) is 6.05. The van der Waals surface area contributed by atoms with Crippen molar-refractivity contribution >= 4 is 5.69 Å². The first-order chi connectivity index (χ1) is 8.22. The van der Waals surface area contributed by atoms with Gasteiger partial charge in [0.15, 0.2) is 0 Å². The van der Waals surface area contributed by atoms with Gasteiger partial charge in [0.05, 0.1) is 13.2 Å². The van der Waals surface area contributed by atoms with Crippen LogP contribution in [-0.4, -0.2) is 32.3 Å². The lowest BCUT2D eigenvalue weighted by molar-refractivity contribution is 0.0988. The number of rotatable bonds is 3. The smallest absolute Gasteiger partial charge is 0.123 e. The summed E-state index contributed by atoms with van der Waals surface area (Å²) in [5.41, 5.74) is 7.66. The first kappa shape index (κ1) is 12.3. The lowest BCUT2D eigenvalue weighted by Gasteiger charge is -2.36. The Kier molecular flexibility index (Phi) is 3.97. The summed E-state index contributed by atoms with van der Waals surface area (Å²) in [6.45, 7) is 4.96. The maximum Gasteiger partial charge on any atom is 0.123 e. The fourth-order valence-corrected chi connectivity index (χ4v) is 2.28. The maximum absolute atomic E-state index is 13.3. The molecule has 1 aliphatic heterocycles. The molecule has 1 fully saturated rings. The van der Waals surface area contributed by atoms with Crippen LogP contribution in [0, 0.1) is 5.82 Å². The van der Waals surface area contributed by atoms with Crippen molar-refractivity contribution in [1.82, 2.24) is 0 Å². The summed E-state index contributed by atoms with van der Waals surface area (Å²) in [5, 5.41) is 0. The Morgan fingerprint density at radius 1 is 1.53 bits per heavy atom. The highest BCUT2D eigenvalue weighted by atomic mass is 19.1. The SMILES string of the molecule is CC1COCCN1c1ccc(F)cc1CCN. The van der Waals surface area contributed by atoms with Crippen LogP contribution in [0.25, 0.3) is 0 Å². The highest BCUT2D eigenvalue weighted by molar-refractivity contribution is 5.55. The summed E-state index contributed by atoms with van der Waals surface area (Å²) in [7, 11) is 0. The number of halogens is 1. The Bertz CT molecular complexity index is 384. The van der Waals surface area contributed by atoms with Crippen molar-refractivity contribution in [2.75, 3.05) is 31.2 Å². The van der Waals surface area contributed by atoms with E-state index in [1.165, 1.54) is 6.07 Å². The minimum atomic E-state index is -0.196. The van der Waals surface area contributed by atoms with Gasteiger partial charge in [0.25, 0.3) is 0 Å². The third-order valence-electron chi connectivity index (χ3n) is 3.13. The average molecular weight is 238 g/mol. The molecule has 2 rings (SSSR count). The Morgan fingerprint density at radius 3 is 3.06 bits per heavy atom. The molecule has 1 heterocycles. The molecule has 1 aliphatic rings. The second-order valence-electron chi connectivity index (χ2n) is 4.43. The molecule has 3 nitrogen and oxygen atoms in total. The zero-order valence-electron chi connectivity index (χ0n) is 10.2. The number of anilines is 1. The molecule has 1 atom stereocenters. The minimum Gasteiger partial charge on any atom is -0.377 e. The van der Waals surface area contributed by atoms with Crippen molar-refractivity contribution in [1.29, 1.82) is 0 Å². The molecular formula is C13H19FN2O. The predicted octanol–water partition coefficient (Wildman–Crippen LogP) is 1.55. The normalized spacial score (nSPS) is 20.6. The van der Waals surface area contributed by atoms with E-state index < -0.39 is 0 Å². The molecule has 1 unspecified atom stereocenters. The molecule has 4 heteroatoms. The quantitative estimate of drug-likeness (QED) is 0.868. The standard InChI is InChI=1S/C13H19FN2O/c1-10-9-17-7-6-16(10)13-3-2-12(14)8-11(13)4-5-15/h2-3,8,10H,4-7,9,15H2,1H3. The van der Waals surface area contributed by atoms with E-state index in [1.54, 1.807) is 6.07 Å². The van der Waals surface area contributed by atoms with Gasteiger partial charge < -0.3 is 15.4 Å². The average Bonchev–Trinajstić information content (AvgIpc) is 2.31. The molecule has 0 radical (unpaired) electrons. The van der Waals surface area contributed by atoms with Crippen LogP contribution >= 0.6 is 0 Å². The van der Waals surface area contributed by atoms with E-state index in [0.717, 1.165) is 31.0 Å². The molecule has 0 spiro atoms. The van der Waals surface area contributed by atoms with Gasteiger partial charge in [-0.3, -0.25) is 0 Å². The van der Waals surface area contributed by atoms with E-state index in [0.29, 0.717) is 19.0 Å². The molecule has 0 saturated carbocycles. The lowest BCUT2D eigenvalue weighted by atomic mass is 10.1. The first-order valence-corrected chi connectivity index (χ1v) is 6.05. The van der Waals surface area contributed by atoms with Crippen molar-refractivity contribution in [2.45, 2.75) is 19.4 Å². The van der Waals surface area contributed by atoms with Crippen LogP contribution in [-0.2, 0) is 11.2 Å². The number of ether oxygens (including phenoxy) is 1. The van der Waals surface area contributed by atoms with Gasteiger partial charge in [0, 0.05) is 18.3 Å². The summed E-state index contributed by atoms with van der Waals surface area (Å²) < 4.78 is 18.7. The minimum absolute atomic E-state index is 0.196. The van der Waals surface area contributed by atoms with E-state index in [4.69, 9.17) is 10.5 Å². The van der Waals surface area contributed by atoms with Crippen molar-refractivity contribution < 1.29 is 9.13 Å². The molecule has 2 N–H and O–H groups in total. The van der Waals surface area contributed by atoms with Gasteiger partial charge in [-0.15, -0.1) is 0 Å². The van der Waals surface area contributed by atoms with Crippen molar-refractivity contribution in [3.8, 4) is 0 Å². The van der Waals surface area contributed by atoms with Crippen LogP contribution in [0.15, 0.2) is 18.2 Å². The van der Waals surface area contributed by atoms with Gasteiger partial charge in [0.2, 0.25) is 0 Å². The molecule has 0 amide bonds. The third kappa shape index (κ3) is 2.76. The number of nitrogens with two attached hydrogens (primary N) is 1. The van der Waals surface area contributed by atoms with Gasteiger partial charge in [0.1, 0.15) is 5.82 Å². The zero-order chi connectivity index (χ0) is 12.3. The molecular weight excluding hydrogens is 219 g/mol. The van der Waals surface area contributed by atoms with Gasteiger partial charge >= 0.3 is 0 Å². The highest BCUT2D eigenvalue weighted by Crippen LogP contribution is 2.25. The summed E-state index contributed by atoms with van der Waals surface area (Å²) in [6, 6.07) is 5.27. The Hall–Kier alpha value is -1.13. The fraction of sp³-hybridized carbons (Fsp3) is 0.538. The van der Waals surface area contributed by atoms with Crippen LogP contribution in [0.3, 0.4) is 0 Å². The fourth-order valence-electron chi connectivity index (χ4n) is 2.28. The van der Waals surface area contributed by atoms with Crippen LogP contribution in [0.1, 0.15) is 12.5 Å². The van der Waals surface area contributed by atoms with Crippen LogP contribution < -0.4 is 10.6 Å². The Balaban J connectivity index is 2.29. The highest BCUT2D eigenvalue weighted by Gasteiger charge is 2.21. The Labute approximate surface area is 101 Å². The van der Waals surface area contributed by atoms with Crippen molar-refractivity contribution in [2.24, 2.45) is 5.73 Å². The van der Waals surface area contributed by atoms with Crippen LogP contribution in [0.2, 0.25) is 0 Å². The summed E-state index contributed by atoms with van der Waals surface area (Å²) in [6.07, 6.45) is 0.706. The number of benzene rings is 1. The molecule has 1 aromatic rings. The topological polar surface area (TPSA) is 38.5 Å². The molecule has 1 aromatic carbocycles. The third-order valence-corrected chi connectivity index (χ3v) is 3.13. The summed E-state index contributed by atoms with van der Waals surface area (Å²) >= 11 is 0. The van der Waals surface area contributed by atoms with E-state index in [-0.39, 0.29) is 5.82 Å². The number of hydrogen-bond donors (Lipinski definition) is 1. The number of nitrogens with zero attached hydrogens (tertiary/aromatic N) is 1. The maximum atomic E-state index is 13.3. The second kappa shape index (κ2) is 5.47. The zero-order valence-corrected chi connectivity index (χ0v) is 10.2. The predicted molar refractivity (Wildman–Crippen MR) is 66.8 cm³/mol. The molecule has 17 heavy (non-hydrogen) atoms. The molecule has 1 saturated heterocycles. The molecule has 0 aliphatic carbocycles. The van der Waals surface area contributed by atoms with Crippen molar-refractivity contribution in [3.05, 3.63) is 29.6 Å². The van der Waals surface area contributed by atoms with Gasteiger partial charge in [-0.05, 0) is 43.7 Å². The van der Waals surface area contributed by atoms with E-state index >= 15 is 0 Å². The molecule has 94 valence electrons. The van der Waals surface area contributed by atoms with Gasteiger partial charge in [-0.25, -0.2) is 4.39 Å². The van der Waals surface area contributed by atoms with Crippen molar-refractivity contribution in [3.63, 3.8) is 0 Å². The van der Waals surface area contributed by atoms with Gasteiger partial charge in [-0.1, -0.05) is 0 Å². The number of hydrogen-bond acceptors (Lipinski definition) is 3. The van der Waals surface area contributed by atoms with E-state index in [2.05, 4.69) is 11.8 Å². The van der Waals surface area contributed by atoms with E-state index in [9.17, 15) is 4.39 Å². The van der Waals surface area contributed by atoms with Crippen LogP contribution in [0.5, 0.6) is 0 Å². The van der Waals surface area contributed by atoms with Crippen LogP contribution in [0.4, 0.5) is 10.1 Å². The molecule has 0 bridgehead atoms. The second-order valence-corrected chi connectivity index (χ2v) is 4.43. The monoisotopic (exact) mass is 238 g/mol. The van der Waals surface area contributed by atoms with E-state index in [1.807, 2.05) is 6.07 Å². The summed E-state index contributed by atoms with van der Waals surface area (Å²) in [4.78, 5) is 2.27. The van der Waals surface area contributed by atoms with Gasteiger partial charge in [-0.2, -0.15) is 0 Å². The number of morpholine rings is 1. The Morgan fingerprint density at radius 2 is 2.35 bits per heavy atom. The largest absolute Gasteiger partial charge is 0.377 e. The lowest BCUT2D eigenvalue weighted by Crippen LogP contribution is -2.44. The molecule has 0 aromatic heterocycles.